The summed E-state index contributed by atoms with van der Waals surface area (Å²) in [6.45, 7) is 3.97. The molecule has 0 spiro atoms. The molecule has 1 amide bonds. The number of para-hydroxylation sites is 1. The van der Waals surface area contributed by atoms with Gasteiger partial charge in [-0.25, -0.2) is 12.8 Å². The molecule has 1 atom stereocenters. The van der Waals surface area contributed by atoms with Gasteiger partial charge in [-0.2, -0.15) is 16.5 Å². The molecule has 0 aliphatic heterocycles. The molecule has 2 aromatic carbocycles. The number of amides is 1. The van der Waals surface area contributed by atoms with Gasteiger partial charge in [-0.15, -0.1) is 0 Å². The minimum absolute atomic E-state index is 0.155. The molecule has 32 heavy (non-hydrogen) atoms. The molecule has 2 aromatic rings. The van der Waals surface area contributed by atoms with E-state index in [2.05, 4.69) is 20.9 Å². The molecule has 0 aliphatic carbocycles. The van der Waals surface area contributed by atoms with Crippen LogP contribution in [-0.2, 0) is 21.2 Å². The van der Waals surface area contributed by atoms with Crippen LogP contribution in [-0.4, -0.2) is 37.5 Å². The van der Waals surface area contributed by atoms with Gasteiger partial charge in [0.1, 0.15) is 16.8 Å². The van der Waals surface area contributed by atoms with Crippen LogP contribution in [0.3, 0.4) is 0 Å². The lowest BCUT2D eigenvalue weighted by atomic mass is 10.1. The number of halogens is 1. The lowest BCUT2D eigenvalue weighted by molar-refractivity contribution is -0.123. The molecule has 2 rings (SSSR count). The predicted octanol–water partition coefficient (Wildman–Crippen LogP) is 3.11. The maximum atomic E-state index is 14.0. The number of rotatable bonds is 9. The van der Waals surface area contributed by atoms with E-state index in [0.29, 0.717) is 5.75 Å². The zero-order valence-electron chi connectivity index (χ0n) is 18.1. The molecule has 174 valence electrons. The van der Waals surface area contributed by atoms with Gasteiger partial charge >= 0.3 is 0 Å². The Morgan fingerprint density at radius 2 is 1.88 bits per heavy atom. The fourth-order valence-electron chi connectivity index (χ4n) is 2.94. The maximum absolute atomic E-state index is 14.0. The Morgan fingerprint density at radius 3 is 2.53 bits per heavy atom. The Labute approximate surface area is 198 Å². The molecule has 7 nitrogen and oxygen atoms in total. The zero-order valence-corrected chi connectivity index (χ0v) is 20.5. The largest absolute Gasteiger partial charge is 0.331 e. The van der Waals surface area contributed by atoms with Crippen molar-refractivity contribution in [2.75, 3.05) is 17.3 Å². The van der Waals surface area contributed by atoms with E-state index in [-0.39, 0.29) is 11.5 Å². The van der Waals surface area contributed by atoms with Crippen molar-refractivity contribution in [2.45, 2.75) is 37.6 Å². The molecule has 0 fully saturated rings. The second-order valence-corrected chi connectivity index (χ2v) is 9.99. The summed E-state index contributed by atoms with van der Waals surface area (Å²) in [4.78, 5) is 12.2. The van der Waals surface area contributed by atoms with Crippen molar-refractivity contribution in [1.29, 1.82) is 0 Å². The number of hydrogen-bond acceptors (Lipinski definition) is 5. The van der Waals surface area contributed by atoms with E-state index >= 15 is 0 Å². The molecular weight excluding hydrogens is 471 g/mol. The number of carbonyl (C=O) groups is 1. The highest BCUT2D eigenvalue weighted by atomic mass is 32.2. The standard InChI is InChI=1S/C21H27FN4O3S3/c1-4-15-9-7-8-14(2)19(15)23-21(30)25-24-20(27)17(12-13-31-3)26-32(28,29)18-11-6-5-10-16(18)22/h5-11,17,26H,4,12-13H2,1-3H3,(H,24,27)(H2,23,25,30)/t17-/m1/s1. The monoisotopic (exact) mass is 498 g/mol. The second-order valence-electron chi connectivity index (χ2n) is 6.92. The Hall–Kier alpha value is -2.21. The van der Waals surface area contributed by atoms with Crippen molar-refractivity contribution in [3.63, 3.8) is 0 Å². The number of thiocarbonyl (C=S) groups is 1. The molecule has 0 aliphatic rings. The first kappa shape index (κ1) is 26.0. The number of anilines is 1. The van der Waals surface area contributed by atoms with Gasteiger partial charge in [0, 0.05) is 5.69 Å². The summed E-state index contributed by atoms with van der Waals surface area (Å²) in [5, 5.41) is 3.22. The normalized spacial score (nSPS) is 12.1. The molecule has 0 bridgehead atoms. The average molecular weight is 499 g/mol. The molecule has 0 radical (unpaired) electrons. The number of carbonyl (C=O) groups excluding carboxylic acids is 1. The molecular formula is C21H27FN4O3S3. The quantitative estimate of drug-likeness (QED) is 0.311. The van der Waals surface area contributed by atoms with Gasteiger partial charge in [0.25, 0.3) is 5.91 Å². The van der Waals surface area contributed by atoms with Gasteiger partial charge in [-0.05, 0) is 67.3 Å². The minimum atomic E-state index is -4.24. The van der Waals surface area contributed by atoms with Crippen LogP contribution in [0.4, 0.5) is 10.1 Å². The highest BCUT2D eigenvalue weighted by molar-refractivity contribution is 7.98. The van der Waals surface area contributed by atoms with Crippen molar-refractivity contribution >= 4 is 50.7 Å². The van der Waals surface area contributed by atoms with Crippen molar-refractivity contribution < 1.29 is 17.6 Å². The summed E-state index contributed by atoms with van der Waals surface area (Å²) >= 11 is 6.73. The first-order valence-electron chi connectivity index (χ1n) is 9.90. The number of benzene rings is 2. The fraction of sp³-hybridized carbons (Fsp3) is 0.333. The van der Waals surface area contributed by atoms with E-state index in [1.807, 2.05) is 38.3 Å². The van der Waals surface area contributed by atoms with E-state index in [1.165, 1.54) is 23.9 Å². The van der Waals surface area contributed by atoms with Crippen molar-refractivity contribution in [1.82, 2.24) is 15.6 Å². The molecule has 11 heteroatoms. The molecule has 0 aromatic heterocycles. The number of hydrogen-bond donors (Lipinski definition) is 4. The first-order chi connectivity index (χ1) is 15.2. The van der Waals surface area contributed by atoms with Crippen molar-refractivity contribution in [2.24, 2.45) is 0 Å². The summed E-state index contributed by atoms with van der Waals surface area (Å²) < 4.78 is 41.5. The van der Waals surface area contributed by atoms with Gasteiger partial charge in [-0.1, -0.05) is 37.3 Å². The summed E-state index contributed by atoms with van der Waals surface area (Å²) in [6.07, 6.45) is 2.85. The molecule has 0 unspecified atom stereocenters. The summed E-state index contributed by atoms with van der Waals surface area (Å²) in [6, 6.07) is 9.76. The van der Waals surface area contributed by atoms with Crippen LogP contribution in [0, 0.1) is 12.7 Å². The lowest BCUT2D eigenvalue weighted by Crippen LogP contribution is -2.53. The SMILES string of the molecule is CCc1cccc(C)c1NC(=S)NNC(=O)[C@@H](CCSC)NS(=O)(=O)c1ccccc1F. The smallest absolute Gasteiger partial charge is 0.256 e. The highest BCUT2D eigenvalue weighted by Crippen LogP contribution is 2.21. The number of nitrogens with one attached hydrogen (secondary N) is 4. The average Bonchev–Trinajstić information content (AvgIpc) is 2.76. The van der Waals surface area contributed by atoms with E-state index in [0.717, 1.165) is 35.4 Å². The van der Waals surface area contributed by atoms with Crippen LogP contribution in [0.2, 0.25) is 0 Å². The Bertz CT molecular complexity index is 1060. The van der Waals surface area contributed by atoms with Gasteiger partial charge in [-0.3, -0.25) is 15.6 Å². The molecule has 4 N–H and O–H groups in total. The third-order valence-electron chi connectivity index (χ3n) is 4.63. The molecule has 0 saturated carbocycles. The summed E-state index contributed by atoms with van der Waals surface area (Å²) in [7, 11) is -4.24. The van der Waals surface area contributed by atoms with Crippen molar-refractivity contribution in [3.8, 4) is 0 Å². The number of thioether (sulfide) groups is 1. The lowest BCUT2D eigenvalue weighted by Gasteiger charge is -2.20. The maximum Gasteiger partial charge on any atom is 0.256 e. The van der Waals surface area contributed by atoms with Crippen LogP contribution >= 0.6 is 24.0 Å². The van der Waals surface area contributed by atoms with Crippen LogP contribution in [0.1, 0.15) is 24.5 Å². The van der Waals surface area contributed by atoms with Crippen LogP contribution in [0.5, 0.6) is 0 Å². The van der Waals surface area contributed by atoms with Crippen LogP contribution < -0.4 is 20.9 Å². The molecule has 0 saturated heterocycles. The summed E-state index contributed by atoms with van der Waals surface area (Å²) in [5.41, 5.74) is 7.95. The van der Waals surface area contributed by atoms with Gasteiger partial charge in [0.05, 0.1) is 0 Å². The fourth-order valence-corrected chi connectivity index (χ4v) is 4.88. The van der Waals surface area contributed by atoms with Gasteiger partial charge in [0.15, 0.2) is 5.11 Å². The van der Waals surface area contributed by atoms with Crippen LogP contribution in [0.25, 0.3) is 0 Å². The van der Waals surface area contributed by atoms with E-state index < -0.39 is 32.7 Å². The topological polar surface area (TPSA) is 99.3 Å². The van der Waals surface area contributed by atoms with Crippen molar-refractivity contribution in [3.05, 3.63) is 59.4 Å². The molecule has 0 heterocycles. The zero-order chi connectivity index (χ0) is 23.7. The predicted molar refractivity (Wildman–Crippen MR) is 132 cm³/mol. The third kappa shape index (κ3) is 7.16. The first-order valence-corrected chi connectivity index (χ1v) is 13.2. The minimum Gasteiger partial charge on any atom is -0.331 e. The number of aryl methyl sites for hydroxylation is 2. The number of hydrazine groups is 1. The van der Waals surface area contributed by atoms with E-state index in [4.69, 9.17) is 12.2 Å². The van der Waals surface area contributed by atoms with Gasteiger partial charge < -0.3 is 5.32 Å². The Morgan fingerprint density at radius 1 is 1.16 bits per heavy atom. The Kier molecular flexibility index (Phi) is 9.88. The van der Waals surface area contributed by atoms with Gasteiger partial charge in [0.2, 0.25) is 10.0 Å². The van der Waals surface area contributed by atoms with Crippen LogP contribution in [0.15, 0.2) is 47.4 Å². The Balaban J connectivity index is 2.07. The second kappa shape index (κ2) is 12.1. The number of sulfonamides is 1. The summed E-state index contributed by atoms with van der Waals surface area (Å²) in [5.74, 6) is -1.01. The van der Waals surface area contributed by atoms with E-state index in [9.17, 15) is 17.6 Å². The van der Waals surface area contributed by atoms with E-state index in [1.54, 1.807) is 0 Å². The third-order valence-corrected chi connectivity index (χ3v) is 6.98. The highest BCUT2D eigenvalue weighted by Gasteiger charge is 2.27.